The molecule has 0 aliphatic carbocycles. The highest BCUT2D eigenvalue weighted by Crippen LogP contribution is 2.16. The van der Waals surface area contributed by atoms with Crippen molar-refractivity contribution < 1.29 is 14.3 Å². The summed E-state index contributed by atoms with van der Waals surface area (Å²) in [7, 11) is 0. The maximum Gasteiger partial charge on any atom is 0.311 e. The van der Waals surface area contributed by atoms with Crippen LogP contribution in [0.25, 0.3) is 12.2 Å². The summed E-state index contributed by atoms with van der Waals surface area (Å²) in [4.78, 5) is 24.2. The van der Waals surface area contributed by atoms with E-state index in [1.165, 1.54) is 5.56 Å². The second kappa shape index (κ2) is 11.5. The molecule has 0 spiro atoms. The van der Waals surface area contributed by atoms with E-state index in [1.54, 1.807) is 36.4 Å². The number of rotatable bonds is 10. The van der Waals surface area contributed by atoms with Crippen molar-refractivity contribution in [1.29, 1.82) is 0 Å². The minimum Gasteiger partial charge on any atom is -0.427 e. The van der Waals surface area contributed by atoms with Crippen LogP contribution in [0, 0.1) is 0 Å². The number of allylic oxidation sites excluding steroid dienone is 1. The Kier molecular flexibility index (Phi) is 8.13. The van der Waals surface area contributed by atoms with Gasteiger partial charge in [-0.2, -0.15) is 0 Å². The monoisotopic (exact) mass is 410 g/mol. The summed E-state index contributed by atoms with van der Waals surface area (Å²) in [6.45, 7) is 3.75. The van der Waals surface area contributed by atoms with Crippen LogP contribution in [0.5, 0.6) is 5.75 Å². The Balaban J connectivity index is 1.40. The maximum atomic E-state index is 12.1. The Hall–Kier alpha value is -3.72. The first-order valence-electron chi connectivity index (χ1n) is 10.4. The third kappa shape index (κ3) is 7.23. The van der Waals surface area contributed by atoms with Crippen LogP contribution >= 0.6 is 0 Å². The predicted octanol–water partition coefficient (Wildman–Crippen LogP) is 6.54. The van der Waals surface area contributed by atoms with Crippen LogP contribution in [0.1, 0.15) is 46.3 Å². The van der Waals surface area contributed by atoms with Gasteiger partial charge in [0.05, 0.1) is 0 Å². The van der Waals surface area contributed by atoms with Gasteiger partial charge in [-0.15, -0.1) is 0 Å². The summed E-state index contributed by atoms with van der Waals surface area (Å²) >= 11 is 0. The molecule has 3 heteroatoms. The lowest BCUT2D eigenvalue weighted by Gasteiger charge is -2.05. The number of benzene rings is 3. The first kappa shape index (κ1) is 22.0. The van der Waals surface area contributed by atoms with Gasteiger partial charge in [0, 0.05) is 12.0 Å². The van der Waals surface area contributed by atoms with Gasteiger partial charge < -0.3 is 4.74 Å². The summed E-state index contributed by atoms with van der Waals surface area (Å²) in [6, 6.07) is 24.5. The molecule has 156 valence electrons. The highest BCUT2D eigenvalue weighted by Gasteiger charge is 2.05. The lowest BCUT2D eigenvalue weighted by molar-refractivity contribution is -0.134. The summed E-state index contributed by atoms with van der Waals surface area (Å²) < 4.78 is 5.41. The van der Waals surface area contributed by atoms with E-state index in [9.17, 15) is 9.59 Å². The molecule has 0 aromatic heterocycles. The summed E-state index contributed by atoms with van der Waals surface area (Å²) in [6.07, 6.45) is 8.16. The largest absolute Gasteiger partial charge is 0.427 e. The molecule has 0 radical (unpaired) electrons. The molecule has 0 heterocycles. The van der Waals surface area contributed by atoms with Gasteiger partial charge >= 0.3 is 5.97 Å². The Morgan fingerprint density at radius 1 is 0.806 bits per heavy atom. The quantitative estimate of drug-likeness (QED) is 0.125. The molecule has 3 aromatic carbocycles. The predicted molar refractivity (Wildman–Crippen MR) is 126 cm³/mol. The second-order valence-corrected chi connectivity index (χ2v) is 7.26. The zero-order valence-corrected chi connectivity index (χ0v) is 17.5. The molecule has 0 atom stereocenters. The Bertz CT molecular complexity index is 1030. The topological polar surface area (TPSA) is 43.4 Å². The van der Waals surface area contributed by atoms with E-state index in [1.807, 2.05) is 48.5 Å². The molecule has 0 N–H and O–H groups in total. The van der Waals surface area contributed by atoms with Crippen LogP contribution in [0.3, 0.4) is 0 Å². The standard InChI is InChI=1S/C28H26O3/c1-2-22-12-14-23(15-13-22)8-6-7-11-28(30)31-26-19-16-24(17-20-26)18-21-27(29)25-9-4-3-5-10-25/h2-5,9-10,12-21H,1,6-8,11H2. The zero-order chi connectivity index (χ0) is 21.9. The van der Waals surface area contributed by atoms with Crippen molar-refractivity contribution in [2.75, 3.05) is 0 Å². The highest BCUT2D eigenvalue weighted by atomic mass is 16.5. The SMILES string of the molecule is C=Cc1ccc(CCCCC(=O)Oc2ccc(C=CC(=O)c3ccccc3)cc2)cc1. The molecule has 0 unspecified atom stereocenters. The lowest BCUT2D eigenvalue weighted by atomic mass is 10.1. The van der Waals surface area contributed by atoms with Crippen molar-refractivity contribution in [3.05, 3.63) is 114 Å². The minimum atomic E-state index is -0.232. The van der Waals surface area contributed by atoms with Crippen molar-refractivity contribution in [3.8, 4) is 5.75 Å². The van der Waals surface area contributed by atoms with E-state index in [2.05, 4.69) is 18.7 Å². The summed E-state index contributed by atoms with van der Waals surface area (Å²) in [5.41, 5.74) is 3.88. The van der Waals surface area contributed by atoms with Gasteiger partial charge in [0.25, 0.3) is 0 Å². The van der Waals surface area contributed by atoms with Gasteiger partial charge in [-0.05, 0) is 54.2 Å². The highest BCUT2D eigenvalue weighted by molar-refractivity contribution is 6.06. The van der Waals surface area contributed by atoms with E-state index >= 15 is 0 Å². The summed E-state index contributed by atoms with van der Waals surface area (Å²) in [5, 5.41) is 0. The van der Waals surface area contributed by atoms with Crippen LogP contribution in [0.2, 0.25) is 0 Å². The maximum absolute atomic E-state index is 12.1. The number of carbonyl (C=O) groups excluding carboxylic acids is 2. The molecule has 0 saturated carbocycles. The number of aryl methyl sites for hydroxylation is 1. The van der Waals surface area contributed by atoms with Crippen molar-refractivity contribution in [1.82, 2.24) is 0 Å². The van der Waals surface area contributed by atoms with Crippen LogP contribution in [0.15, 0.2) is 91.5 Å². The number of ketones is 1. The van der Waals surface area contributed by atoms with Crippen LogP contribution in [-0.4, -0.2) is 11.8 Å². The van der Waals surface area contributed by atoms with Crippen molar-refractivity contribution >= 4 is 23.9 Å². The molecule has 3 rings (SSSR count). The van der Waals surface area contributed by atoms with Crippen LogP contribution in [0.4, 0.5) is 0 Å². The van der Waals surface area contributed by atoms with Crippen LogP contribution in [-0.2, 0) is 11.2 Å². The molecule has 0 fully saturated rings. The van der Waals surface area contributed by atoms with Gasteiger partial charge in [-0.3, -0.25) is 9.59 Å². The Morgan fingerprint density at radius 2 is 1.48 bits per heavy atom. The molecular formula is C28H26O3. The fraction of sp³-hybridized carbons (Fsp3) is 0.143. The molecular weight excluding hydrogens is 384 g/mol. The molecule has 3 nitrogen and oxygen atoms in total. The average molecular weight is 411 g/mol. The Labute approximate surface area is 183 Å². The second-order valence-electron chi connectivity index (χ2n) is 7.26. The van der Waals surface area contributed by atoms with E-state index in [4.69, 9.17) is 4.74 Å². The zero-order valence-electron chi connectivity index (χ0n) is 17.5. The van der Waals surface area contributed by atoms with Crippen molar-refractivity contribution in [2.45, 2.75) is 25.7 Å². The third-order valence-electron chi connectivity index (χ3n) is 4.91. The molecule has 0 aliphatic heterocycles. The number of carbonyl (C=O) groups is 2. The average Bonchev–Trinajstić information content (AvgIpc) is 2.82. The normalized spacial score (nSPS) is 10.7. The fourth-order valence-corrected chi connectivity index (χ4v) is 3.12. The lowest BCUT2D eigenvalue weighted by Crippen LogP contribution is -2.07. The third-order valence-corrected chi connectivity index (χ3v) is 4.91. The molecule has 3 aromatic rings. The van der Waals surface area contributed by atoms with Gasteiger partial charge in [-0.1, -0.05) is 85.5 Å². The minimum absolute atomic E-state index is 0.0484. The van der Waals surface area contributed by atoms with E-state index in [0.717, 1.165) is 30.4 Å². The summed E-state index contributed by atoms with van der Waals surface area (Å²) in [5.74, 6) is 0.230. The van der Waals surface area contributed by atoms with E-state index in [-0.39, 0.29) is 11.8 Å². The van der Waals surface area contributed by atoms with Crippen molar-refractivity contribution in [3.63, 3.8) is 0 Å². The molecule has 0 aliphatic rings. The molecule has 0 amide bonds. The van der Waals surface area contributed by atoms with Crippen molar-refractivity contribution in [2.24, 2.45) is 0 Å². The molecule has 0 saturated heterocycles. The number of ether oxygens (including phenoxy) is 1. The Morgan fingerprint density at radius 3 is 2.16 bits per heavy atom. The number of esters is 1. The van der Waals surface area contributed by atoms with E-state index in [0.29, 0.717) is 17.7 Å². The van der Waals surface area contributed by atoms with E-state index < -0.39 is 0 Å². The smallest absolute Gasteiger partial charge is 0.311 e. The molecule has 0 bridgehead atoms. The molecule has 31 heavy (non-hydrogen) atoms. The number of hydrogen-bond acceptors (Lipinski definition) is 3. The van der Waals surface area contributed by atoms with Crippen LogP contribution < -0.4 is 4.74 Å². The first-order valence-corrected chi connectivity index (χ1v) is 10.4. The van der Waals surface area contributed by atoms with Gasteiger partial charge in [-0.25, -0.2) is 0 Å². The fourth-order valence-electron chi connectivity index (χ4n) is 3.12. The van der Waals surface area contributed by atoms with Gasteiger partial charge in [0.2, 0.25) is 0 Å². The number of unbranched alkanes of at least 4 members (excludes halogenated alkanes) is 1. The van der Waals surface area contributed by atoms with Gasteiger partial charge in [0.15, 0.2) is 5.78 Å². The number of hydrogen-bond donors (Lipinski definition) is 0. The van der Waals surface area contributed by atoms with Gasteiger partial charge in [0.1, 0.15) is 5.75 Å². The first-order chi connectivity index (χ1) is 15.1.